The molecule has 1 atom stereocenters. The van der Waals surface area contributed by atoms with E-state index in [9.17, 15) is 9.59 Å². The van der Waals surface area contributed by atoms with Crippen LogP contribution in [0.2, 0.25) is 0 Å². The van der Waals surface area contributed by atoms with Crippen molar-refractivity contribution in [1.29, 1.82) is 0 Å². The van der Waals surface area contributed by atoms with Crippen LogP contribution < -0.4 is 15.4 Å². The molecule has 0 saturated heterocycles. The number of ether oxygens (including phenoxy) is 1. The van der Waals surface area contributed by atoms with E-state index in [4.69, 9.17) is 14.3 Å². The predicted molar refractivity (Wildman–Crippen MR) is 144 cm³/mol. The number of nitrogens with zero attached hydrogens (tertiary/aromatic N) is 2. The molecule has 4 rings (SSSR count). The lowest BCUT2D eigenvalue weighted by molar-refractivity contribution is -0.136. The molecule has 3 N–H and O–H groups in total. The third-order valence-corrected chi connectivity index (χ3v) is 6.04. The second kappa shape index (κ2) is 12.1. The highest BCUT2D eigenvalue weighted by atomic mass is 16.5. The Morgan fingerprint density at radius 3 is 2.00 bits per heavy atom. The van der Waals surface area contributed by atoms with E-state index in [1.165, 1.54) is 0 Å². The van der Waals surface area contributed by atoms with Crippen molar-refractivity contribution in [2.45, 2.75) is 26.3 Å². The molecular formula is C29H30N4O5. The summed E-state index contributed by atoms with van der Waals surface area (Å²) in [6.07, 6.45) is -0.115. The molecule has 0 bridgehead atoms. The fourth-order valence-electron chi connectivity index (χ4n) is 3.94. The standard InChI is InChI=1S/C29H30N4O5/c1-18(2)26(31-23-12-8-20(9-13-23)27(36)30-17-16-25(34)35)19-4-6-21(7-5-19)28-32-33-29(38-28)22-10-14-24(37-3)15-11-22/h4-15,18,26,31H,16-17H2,1-3H3,(H,30,36)(H,34,35). The van der Waals surface area contributed by atoms with Gasteiger partial charge in [-0.15, -0.1) is 10.2 Å². The number of methoxy groups -OCH3 is 1. The highest BCUT2D eigenvalue weighted by molar-refractivity contribution is 5.94. The molecule has 3 aromatic carbocycles. The van der Waals surface area contributed by atoms with E-state index in [1.54, 1.807) is 19.2 Å². The van der Waals surface area contributed by atoms with Gasteiger partial charge in [0, 0.05) is 28.9 Å². The highest BCUT2D eigenvalue weighted by Crippen LogP contribution is 2.30. The molecule has 1 unspecified atom stereocenters. The number of aromatic nitrogens is 2. The molecule has 4 aromatic rings. The van der Waals surface area contributed by atoms with Crippen LogP contribution in [0.5, 0.6) is 5.75 Å². The van der Waals surface area contributed by atoms with Gasteiger partial charge >= 0.3 is 5.97 Å². The number of benzene rings is 3. The molecule has 0 fully saturated rings. The van der Waals surface area contributed by atoms with Gasteiger partial charge in [-0.1, -0.05) is 26.0 Å². The van der Waals surface area contributed by atoms with Crippen LogP contribution in [0.4, 0.5) is 5.69 Å². The minimum absolute atomic E-state index is 0.0249. The lowest BCUT2D eigenvalue weighted by Crippen LogP contribution is -2.26. The number of carbonyl (C=O) groups is 2. The number of hydrogen-bond acceptors (Lipinski definition) is 7. The maximum absolute atomic E-state index is 12.2. The molecule has 9 nitrogen and oxygen atoms in total. The number of nitrogens with one attached hydrogen (secondary N) is 2. The van der Waals surface area contributed by atoms with Crippen LogP contribution in [0.25, 0.3) is 22.9 Å². The third-order valence-electron chi connectivity index (χ3n) is 6.04. The normalized spacial score (nSPS) is 11.7. The van der Waals surface area contributed by atoms with E-state index >= 15 is 0 Å². The largest absolute Gasteiger partial charge is 0.497 e. The zero-order valence-corrected chi connectivity index (χ0v) is 21.5. The first kappa shape index (κ1) is 26.4. The molecule has 196 valence electrons. The molecule has 0 aliphatic carbocycles. The first-order valence-corrected chi connectivity index (χ1v) is 12.3. The second-order valence-corrected chi connectivity index (χ2v) is 9.11. The van der Waals surface area contributed by atoms with Crippen molar-refractivity contribution in [2.24, 2.45) is 5.92 Å². The number of aliphatic carboxylic acids is 1. The van der Waals surface area contributed by atoms with Crippen molar-refractivity contribution in [3.8, 4) is 28.7 Å². The number of hydrogen-bond donors (Lipinski definition) is 3. The van der Waals surface area contributed by atoms with Gasteiger partial charge in [-0.2, -0.15) is 0 Å². The van der Waals surface area contributed by atoms with Gasteiger partial charge in [-0.3, -0.25) is 9.59 Å². The van der Waals surface area contributed by atoms with Crippen LogP contribution in [0, 0.1) is 5.92 Å². The molecule has 1 amide bonds. The molecule has 38 heavy (non-hydrogen) atoms. The number of amides is 1. The summed E-state index contributed by atoms with van der Waals surface area (Å²) < 4.78 is 11.1. The molecule has 0 aliphatic rings. The van der Waals surface area contributed by atoms with Gasteiger partial charge in [0.1, 0.15) is 5.75 Å². The molecule has 1 aromatic heterocycles. The number of carbonyl (C=O) groups excluding carboxylic acids is 1. The summed E-state index contributed by atoms with van der Waals surface area (Å²) in [5.74, 6) is 0.663. The second-order valence-electron chi connectivity index (χ2n) is 9.11. The topological polar surface area (TPSA) is 127 Å². The fourth-order valence-corrected chi connectivity index (χ4v) is 3.94. The summed E-state index contributed by atoms with van der Waals surface area (Å²) in [7, 11) is 1.62. The summed E-state index contributed by atoms with van der Waals surface area (Å²) in [5, 5.41) is 23.2. The fraction of sp³-hybridized carbons (Fsp3) is 0.241. The maximum atomic E-state index is 12.2. The average Bonchev–Trinajstić information content (AvgIpc) is 3.42. The Balaban J connectivity index is 1.42. The van der Waals surface area contributed by atoms with Gasteiger partial charge < -0.3 is 24.9 Å². The molecule has 0 aliphatic heterocycles. The van der Waals surface area contributed by atoms with E-state index in [-0.39, 0.29) is 30.8 Å². The van der Waals surface area contributed by atoms with Crippen LogP contribution in [-0.2, 0) is 4.79 Å². The Kier molecular flexibility index (Phi) is 8.37. The van der Waals surface area contributed by atoms with Crippen molar-refractivity contribution >= 4 is 17.6 Å². The van der Waals surface area contributed by atoms with Crippen LogP contribution in [0.15, 0.2) is 77.2 Å². The van der Waals surface area contributed by atoms with Gasteiger partial charge in [0.15, 0.2) is 0 Å². The number of carboxylic acid groups (broad SMARTS) is 1. The van der Waals surface area contributed by atoms with Gasteiger partial charge in [-0.05, 0) is 72.1 Å². The van der Waals surface area contributed by atoms with Gasteiger partial charge in [0.05, 0.1) is 19.6 Å². The van der Waals surface area contributed by atoms with Gasteiger partial charge in [-0.25, -0.2) is 0 Å². The quantitative estimate of drug-likeness (QED) is 0.242. The first-order valence-electron chi connectivity index (χ1n) is 12.3. The summed E-state index contributed by atoms with van der Waals surface area (Å²) in [6, 6.07) is 22.6. The monoisotopic (exact) mass is 514 g/mol. The van der Waals surface area contributed by atoms with Crippen LogP contribution >= 0.6 is 0 Å². The average molecular weight is 515 g/mol. The Labute approximate surface area is 220 Å². The number of carboxylic acids is 1. The van der Waals surface area contributed by atoms with E-state index in [0.29, 0.717) is 17.3 Å². The maximum Gasteiger partial charge on any atom is 0.305 e. The summed E-state index contributed by atoms with van der Waals surface area (Å²) in [6.45, 7) is 4.36. The molecular weight excluding hydrogens is 484 g/mol. The van der Waals surface area contributed by atoms with E-state index in [1.807, 2.05) is 60.7 Å². The van der Waals surface area contributed by atoms with Crippen molar-refractivity contribution in [3.05, 3.63) is 83.9 Å². The van der Waals surface area contributed by atoms with Crippen LogP contribution in [-0.4, -0.2) is 40.8 Å². The SMILES string of the molecule is COc1ccc(-c2nnc(-c3ccc(C(Nc4ccc(C(=O)NCCC(=O)O)cc4)C(C)C)cc3)o2)cc1. The van der Waals surface area contributed by atoms with Crippen LogP contribution in [0.3, 0.4) is 0 Å². The number of rotatable bonds is 11. The molecule has 0 saturated carbocycles. The van der Waals surface area contributed by atoms with Gasteiger partial charge in [0.2, 0.25) is 11.8 Å². The summed E-state index contributed by atoms with van der Waals surface area (Å²) in [5.41, 5.74) is 4.07. The zero-order chi connectivity index (χ0) is 27.1. The zero-order valence-electron chi connectivity index (χ0n) is 21.5. The molecule has 1 heterocycles. The Morgan fingerprint density at radius 1 is 0.895 bits per heavy atom. The molecule has 9 heteroatoms. The van der Waals surface area contributed by atoms with Crippen molar-refractivity contribution < 1.29 is 23.8 Å². The Morgan fingerprint density at radius 2 is 1.47 bits per heavy atom. The Hall–Kier alpha value is -4.66. The molecule has 0 radical (unpaired) electrons. The van der Waals surface area contributed by atoms with Gasteiger partial charge in [0.25, 0.3) is 5.91 Å². The van der Waals surface area contributed by atoms with Crippen molar-refractivity contribution in [2.75, 3.05) is 19.0 Å². The lowest BCUT2D eigenvalue weighted by Gasteiger charge is -2.24. The smallest absolute Gasteiger partial charge is 0.305 e. The minimum Gasteiger partial charge on any atom is -0.497 e. The van der Waals surface area contributed by atoms with Crippen molar-refractivity contribution in [1.82, 2.24) is 15.5 Å². The molecule has 0 spiro atoms. The predicted octanol–water partition coefficient (Wildman–Crippen LogP) is 5.43. The minimum atomic E-state index is -0.951. The van der Waals surface area contributed by atoms with E-state index in [0.717, 1.165) is 28.1 Å². The summed E-state index contributed by atoms with van der Waals surface area (Å²) in [4.78, 5) is 22.8. The van der Waals surface area contributed by atoms with E-state index < -0.39 is 5.97 Å². The highest BCUT2D eigenvalue weighted by Gasteiger charge is 2.17. The number of anilines is 1. The van der Waals surface area contributed by atoms with E-state index in [2.05, 4.69) is 34.7 Å². The van der Waals surface area contributed by atoms with Crippen LogP contribution in [0.1, 0.15) is 42.2 Å². The first-order chi connectivity index (χ1) is 18.3. The summed E-state index contributed by atoms with van der Waals surface area (Å²) >= 11 is 0. The Bertz CT molecular complexity index is 1360. The van der Waals surface area contributed by atoms with Crippen molar-refractivity contribution in [3.63, 3.8) is 0 Å². The lowest BCUT2D eigenvalue weighted by atomic mass is 9.94. The third kappa shape index (κ3) is 6.56.